The second-order valence-electron chi connectivity index (χ2n) is 10.0. The molecule has 1 aromatic rings. The molecule has 3 aliphatic rings. The Bertz CT molecular complexity index is 808. The van der Waals surface area contributed by atoms with Crippen LogP contribution in [-0.2, 0) is 14.4 Å². The molecule has 1 aromatic carbocycles. The Kier molecular flexibility index (Phi) is 8.83. The average Bonchev–Trinajstić information content (AvgIpc) is 2.90. The van der Waals surface area contributed by atoms with Crippen LogP contribution in [0.3, 0.4) is 0 Å². The molecule has 186 valence electrons. The van der Waals surface area contributed by atoms with Gasteiger partial charge in [-0.3, -0.25) is 14.4 Å². The first-order valence-corrected chi connectivity index (χ1v) is 13.1. The molecule has 1 saturated carbocycles. The Balaban J connectivity index is 1.13. The number of rotatable bonds is 7. The fourth-order valence-electron chi connectivity index (χ4n) is 5.49. The van der Waals surface area contributed by atoms with Crippen LogP contribution in [0.15, 0.2) is 30.3 Å². The summed E-state index contributed by atoms with van der Waals surface area (Å²) < 4.78 is 5.64. The van der Waals surface area contributed by atoms with Crippen molar-refractivity contribution in [2.75, 3.05) is 32.8 Å². The van der Waals surface area contributed by atoms with Gasteiger partial charge in [-0.2, -0.15) is 0 Å². The minimum Gasteiger partial charge on any atom is -0.493 e. The van der Waals surface area contributed by atoms with Crippen LogP contribution in [0.5, 0.6) is 5.75 Å². The monoisotopic (exact) mass is 469 g/mol. The van der Waals surface area contributed by atoms with Gasteiger partial charge in [-0.1, -0.05) is 37.5 Å². The van der Waals surface area contributed by atoms with E-state index in [1.807, 2.05) is 40.1 Å². The van der Waals surface area contributed by atoms with Crippen LogP contribution in [0.4, 0.5) is 0 Å². The molecule has 0 spiro atoms. The predicted molar refractivity (Wildman–Crippen MR) is 130 cm³/mol. The van der Waals surface area contributed by atoms with Gasteiger partial charge in [-0.15, -0.1) is 0 Å². The summed E-state index contributed by atoms with van der Waals surface area (Å²) in [6.07, 6.45) is 9.09. The molecule has 0 radical (unpaired) electrons. The number of carbonyl (C=O) groups is 3. The fraction of sp³-hybridized carbons (Fsp3) is 0.667. The Morgan fingerprint density at radius 2 is 1.44 bits per heavy atom. The molecule has 2 aliphatic heterocycles. The number of piperidine rings is 2. The zero-order valence-electron chi connectivity index (χ0n) is 20.3. The molecule has 1 aliphatic carbocycles. The number of benzene rings is 1. The summed E-state index contributed by atoms with van der Waals surface area (Å²) in [6, 6.07) is 9.71. The van der Waals surface area contributed by atoms with Crippen molar-refractivity contribution in [1.82, 2.24) is 15.1 Å². The maximum absolute atomic E-state index is 13.0. The number of carbonyl (C=O) groups excluding carboxylic acids is 3. The van der Waals surface area contributed by atoms with E-state index in [0.29, 0.717) is 39.2 Å². The summed E-state index contributed by atoms with van der Waals surface area (Å²) in [6.45, 7) is 3.06. The van der Waals surface area contributed by atoms with E-state index < -0.39 is 0 Å². The van der Waals surface area contributed by atoms with Crippen LogP contribution in [0.2, 0.25) is 0 Å². The summed E-state index contributed by atoms with van der Waals surface area (Å²) in [4.78, 5) is 41.9. The normalized spacial score (nSPS) is 20.7. The van der Waals surface area contributed by atoms with Crippen molar-refractivity contribution in [2.24, 2.45) is 11.8 Å². The third-order valence-corrected chi connectivity index (χ3v) is 7.65. The van der Waals surface area contributed by atoms with Gasteiger partial charge in [0.1, 0.15) is 5.75 Å². The van der Waals surface area contributed by atoms with Gasteiger partial charge in [-0.25, -0.2) is 0 Å². The van der Waals surface area contributed by atoms with Gasteiger partial charge in [0.05, 0.1) is 13.0 Å². The second-order valence-corrected chi connectivity index (χ2v) is 10.0. The minimum absolute atomic E-state index is 0.00185. The van der Waals surface area contributed by atoms with E-state index in [9.17, 15) is 14.4 Å². The average molecular weight is 470 g/mol. The predicted octanol–water partition coefficient (Wildman–Crippen LogP) is 3.38. The minimum atomic E-state index is -0.00185. The van der Waals surface area contributed by atoms with E-state index in [1.54, 1.807) is 0 Å². The maximum atomic E-state index is 13.0. The number of ether oxygens (including phenoxy) is 1. The summed E-state index contributed by atoms with van der Waals surface area (Å²) >= 11 is 0. The fourth-order valence-corrected chi connectivity index (χ4v) is 5.49. The number of para-hydroxylation sites is 1. The van der Waals surface area contributed by atoms with Crippen LogP contribution in [-0.4, -0.2) is 66.3 Å². The Morgan fingerprint density at radius 1 is 0.794 bits per heavy atom. The van der Waals surface area contributed by atoms with E-state index in [4.69, 9.17) is 4.74 Å². The number of hydrogen-bond acceptors (Lipinski definition) is 4. The van der Waals surface area contributed by atoms with E-state index in [2.05, 4.69) is 5.32 Å². The molecule has 34 heavy (non-hydrogen) atoms. The van der Waals surface area contributed by atoms with Gasteiger partial charge in [0.2, 0.25) is 17.7 Å². The molecule has 1 N–H and O–H groups in total. The number of amides is 3. The highest BCUT2D eigenvalue weighted by Crippen LogP contribution is 2.25. The van der Waals surface area contributed by atoms with Crippen molar-refractivity contribution in [1.29, 1.82) is 0 Å². The van der Waals surface area contributed by atoms with Gasteiger partial charge < -0.3 is 19.9 Å². The molecule has 7 nitrogen and oxygen atoms in total. The van der Waals surface area contributed by atoms with Crippen molar-refractivity contribution < 1.29 is 19.1 Å². The topological polar surface area (TPSA) is 79.0 Å². The standard InChI is InChI=1S/C27H39N3O4/c31-25(15-20-34-24-9-5-2-6-10-24)29-16-11-22(12-17-29)27(33)30-18-13-23(14-19-30)28-26(32)21-7-3-1-4-8-21/h2,5-6,9-10,21-23H,1,3-4,7-8,11-20H2,(H,28,32). The molecule has 7 heteroatoms. The van der Waals surface area contributed by atoms with Crippen LogP contribution in [0.25, 0.3) is 0 Å². The van der Waals surface area contributed by atoms with Crippen LogP contribution in [0.1, 0.15) is 64.2 Å². The molecule has 0 unspecified atom stereocenters. The Labute approximate surface area is 203 Å². The lowest BCUT2D eigenvalue weighted by Gasteiger charge is -2.37. The van der Waals surface area contributed by atoms with Gasteiger partial charge in [0.25, 0.3) is 0 Å². The van der Waals surface area contributed by atoms with Crippen LogP contribution >= 0.6 is 0 Å². The molecular weight excluding hydrogens is 430 g/mol. The molecule has 0 aromatic heterocycles. The van der Waals surface area contributed by atoms with Crippen LogP contribution < -0.4 is 10.1 Å². The Morgan fingerprint density at radius 3 is 2.12 bits per heavy atom. The molecule has 4 rings (SSSR count). The zero-order valence-corrected chi connectivity index (χ0v) is 20.3. The summed E-state index contributed by atoms with van der Waals surface area (Å²) in [5.41, 5.74) is 0. The van der Waals surface area contributed by atoms with Gasteiger partial charge in [-0.05, 0) is 50.7 Å². The molecule has 0 bridgehead atoms. The smallest absolute Gasteiger partial charge is 0.225 e. The van der Waals surface area contributed by atoms with Gasteiger partial charge >= 0.3 is 0 Å². The van der Waals surface area contributed by atoms with Crippen molar-refractivity contribution in [3.05, 3.63) is 30.3 Å². The molecule has 3 fully saturated rings. The van der Waals surface area contributed by atoms with Gasteiger partial charge in [0, 0.05) is 44.1 Å². The first kappa shape index (κ1) is 24.6. The number of likely N-dealkylation sites (tertiary alicyclic amines) is 2. The lowest BCUT2D eigenvalue weighted by atomic mass is 9.88. The molecule has 2 heterocycles. The highest BCUT2D eigenvalue weighted by Gasteiger charge is 2.33. The number of nitrogens with zero attached hydrogens (tertiary/aromatic N) is 2. The largest absolute Gasteiger partial charge is 0.493 e. The third-order valence-electron chi connectivity index (χ3n) is 7.65. The van der Waals surface area contributed by atoms with E-state index in [-0.39, 0.29) is 35.6 Å². The first-order valence-electron chi connectivity index (χ1n) is 13.1. The summed E-state index contributed by atoms with van der Waals surface area (Å²) in [5.74, 6) is 1.49. The summed E-state index contributed by atoms with van der Waals surface area (Å²) in [7, 11) is 0. The lowest BCUT2D eigenvalue weighted by Crippen LogP contribution is -2.50. The highest BCUT2D eigenvalue weighted by atomic mass is 16.5. The second kappa shape index (κ2) is 12.2. The number of nitrogens with one attached hydrogen (secondary N) is 1. The molecule has 3 amide bonds. The van der Waals surface area contributed by atoms with Crippen molar-refractivity contribution in [3.63, 3.8) is 0 Å². The molecule has 0 atom stereocenters. The maximum Gasteiger partial charge on any atom is 0.225 e. The summed E-state index contributed by atoms with van der Waals surface area (Å²) in [5, 5.41) is 3.24. The van der Waals surface area contributed by atoms with Crippen molar-refractivity contribution in [2.45, 2.75) is 70.3 Å². The third kappa shape index (κ3) is 6.73. The van der Waals surface area contributed by atoms with E-state index in [0.717, 1.165) is 57.1 Å². The molecular formula is C27H39N3O4. The SMILES string of the molecule is O=C(NC1CCN(C(=O)C2CCN(C(=O)CCOc3ccccc3)CC2)CC1)C1CCCCC1. The van der Waals surface area contributed by atoms with Gasteiger partial charge in [0.15, 0.2) is 0 Å². The first-order chi connectivity index (χ1) is 16.6. The van der Waals surface area contributed by atoms with E-state index >= 15 is 0 Å². The lowest BCUT2D eigenvalue weighted by molar-refractivity contribution is -0.142. The van der Waals surface area contributed by atoms with Crippen LogP contribution in [0, 0.1) is 11.8 Å². The zero-order chi connectivity index (χ0) is 23.8. The number of hydrogen-bond donors (Lipinski definition) is 1. The quantitative estimate of drug-likeness (QED) is 0.664. The van der Waals surface area contributed by atoms with Crippen molar-refractivity contribution >= 4 is 17.7 Å². The van der Waals surface area contributed by atoms with Crippen molar-refractivity contribution in [3.8, 4) is 5.75 Å². The molecule has 2 saturated heterocycles. The Hall–Kier alpha value is -2.57. The van der Waals surface area contributed by atoms with E-state index in [1.165, 1.54) is 6.42 Å². The highest BCUT2D eigenvalue weighted by molar-refractivity contribution is 5.81.